The number of esters is 1. The Morgan fingerprint density at radius 2 is 1.93 bits per heavy atom. The Balaban J connectivity index is 2.92. The summed E-state index contributed by atoms with van der Waals surface area (Å²) in [6.45, 7) is 3.30. The summed E-state index contributed by atoms with van der Waals surface area (Å²) >= 11 is 0. The van der Waals surface area contributed by atoms with Crippen molar-refractivity contribution < 1.29 is 19.0 Å². The van der Waals surface area contributed by atoms with Crippen LogP contribution in [0.5, 0.6) is 17.2 Å². The van der Waals surface area contributed by atoms with Gasteiger partial charge < -0.3 is 14.2 Å². The Labute approximate surface area is 88.1 Å². The Bertz CT molecular complexity index is 371. The Morgan fingerprint density at radius 3 is 2.47 bits per heavy atom. The lowest BCUT2D eigenvalue weighted by Gasteiger charge is -2.08. The first-order valence-corrected chi connectivity index (χ1v) is 4.27. The second-order valence-corrected chi connectivity index (χ2v) is 2.64. The second-order valence-electron chi connectivity index (χ2n) is 2.64. The van der Waals surface area contributed by atoms with Gasteiger partial charge in [-0.25, -0.2) is 4.79 Å². The molecule has 4 heteroatoms. The lowest BCUT2D eigenvalue weighted by Crippen LogP contribution is -2.03. The summed E-state index contributed by atoms with van der Waals surface area (Å²) in [5.74, 6) is 0.961. The normalized spacial score (nSPS) is 9.20. The van der Waals surface area contributed by atoms with Crippen molar-refractivity contribution in [2.75, 3.05) is 14.2 Å². The number of carbonyl (C=O) groups excluding carboxylic acids is 1. The second kappa shape index (κ2) is 5.05. The third-order valence-corrected chi connectivity index (χ3v) is 1.74. The van der Waals surface area contributed by atoms with Gasteiger partial charge in [-0.3, -0.25) is 0 Å². The Kier molecular flexibility index (Phi) is 3.74. The van der Waals surface area contributed by atoms with Gasteiger partial charge in [0.1, 0.15) is 5.75 Å². The van der Waals surface area contributed by atoms with Crippen LogP contribution in [0.4, 0.5) is 0 Å². The van der Waals surface area contributed by atoms with E-state index < -0.39 is 5.97 Å². The first-order valence-electron chi connectivity index (χ1n) is 4.27. The van der Waals surface area contributed by atoms with Gasteiger partial charge in [0.05, 0.1) is 14.2 Å². The van der Waals surface area contributed by atoms with E-state index >= 15 is 0 Å². The summed E-state index contributed by atoms with van der Waals surface area (Å²) in [6, 6.07) is 4.84. The first-order chi connectivity index (χ1) is 7.21. The molecule has 0 radical (unpaired) electrons. The highest BCUT2D eigenvalue weighted by Crippen LogP contribution is 2.30. The summed E-state index contributed by atoms with van der Waals surface area (Å²) in [6.07, 6.45) is 1.09. The average Bonchev–Trinajstić information content (AvgIpc) is 2.28. The van der Waals surface area contributed by atoms with Crippen molar-refractivity contribution in [1.82, 2.24) is 0 Å². The SMILES string of the molecule is C=CC(=O)Oc1ccc(OC)c(OC)c1. The van der Waals surface area contributed by atoms with Gasteiger partial charge in [0.15, 0.2) is 11.5 Å². The van der Waals surface area contributed by atoms with Gasteiger partial charge in [0.25, 0.3) is 0 Å². The largest absolute Gasteiger partial charge is 0.493 e. The zero-order valence-corrected chi connectivity index (χ0v) is 8.65. The van der Waals surface area contributed by atoms with Gasteiger partial charge in [-0.1, -0.05) is 6.58 Å². The summed E-state index contributed by atoms with van der Waals surface area (Å²) in [7, 11) is 3.05. The maximum absolute atomic E-state index is 10.9. The fourth-order valence-electron chi connectivity index (χ4n) is 1.04. The van der Waals surface area contributed by atoms with Crippen LogP contribution in [-0.2, 0) is 4.79 Å². The molecule has 0 bridgehead atoms. The molecule has 0 unspecified atom stereocenters. The van der Waals surface area contributed by atoms with Gasteiger partial charge >= 0.3 is 5.97 Å². The van der Waals surface area contributed by atoms with Crippen molar-refractivity contribution >= 4 is 5.97 Å². The number of methoxy groups -OCH3 is 2. The molecule has 1 aromatic carbocycles. The molecule has 1 aromatic rings. The smallest absolute Gasteiger partial charge is 0.335 e. The molecular weight excluding hydrogens is 196 g/mol. The van der Waals surface area contributed by atoms with Crippen molar-refractivity contribution in [3.05, 3.63) is 30.9 Å². The van der Waals surface area contributed by atoms with E-state index in [0.717, 1.165) is 6.08 Å². The highest BCUT2D eigenvalue weighted by molar-refractivity contribution is 5.83. The molecular formula is C11H12O4. The highest BCUT2D eigenvalue weighted by atomic mass is 16.5. The third kappa shape index (κ3) is 2.74. The molecule has 0 saturated heterocycles. The van der Waals surface area contributed by atoms with E-state index in [-0.39, 0.29) is 0 Å². The van der Waals surface area contributed by atoms with Crippen LogP contribution in [0.15, 0.2) is 30.9 Å². The summed E-state index contributed by atoms with van der Waals surface area (Å²) < 4.78 is 15.0. The molecule has 80 valence electrons. The molecule has 0 atom stereocenters. The topological polar surface area (TPSA) is 44.8 Å². The lowest BCUT2D eigenvalue weighted by molar-refractivity contribution is -0.128. The fourth-order valence-corrected chi connectivity index (χ4v) is 1.04. The number of hydrogen-bond donors (Lipinski definition) is 0. The molecule has 0 heterocycles. The number of benzene rings is 1. The minimum Gasteiger partial charge on any atom is -0.493 e. The van der Waals surface area contributed by atoms with Crippen molar-refractivity contribution in [1.29, 1.82) is 0 Å². The number of hydrogen-bond acceptors (Lipinski definition) is 4. The summed E-state index contributed by atoms with van der Waals surface area (Å²) in [4.78, 5) is 10.9. The molecule has 0 aliphatic rings. The predicted octanol–water partition coefficient (Wildman–Crippen LogP) is 1.80. The standard InChI is InChI=1S/C11H12O4/c1-4-11(12)15-8-5-6-9(13-2)10(7-8)14-3/h4-7H,1H2,2-3H3. The molecule has 0 saturated carbocycles. The van der Waals surface area contributed by atoms with E-state index in [1.807, 2.05) is 0 Å². The summed E-state index contributed by atoms with van der Waals surface area (Å²) in [5.41, 5.74) is 0. The number of rotatable bonds is 4. The van der Waals surface area contributed by atoms with E-state index in [4.69, 9.17) is 14.2 Å². The lowest BCUT2D eigenvalue weighted by atomic mass is 10.3. The fraction of sp³-hybridized carbons (Fsp3) is 0.182. The first kappa shape index (κ1) is 11.1. The molecule has 4 nitrogen and oxygen atoms in total. The molecule has 0 aliphatic carbocycles. The van der Waals surface area contributed by atoms with Crippen molar-refractivity contribution in [3.8, 4) is 17.2 Å². The van der Waals surface area contributed by atoms with Gasteiger partial charge in [-0.15, -0.1) is 0 Å². The Morgan fingerprint density at radius 1 is 1.27 bits per heavy atom. The van der Waals surface area contributed by atoms with Crippen LogP contribution in [0.2, 0.25) is 0 Å². The monoisotopic (exact) mass is 208 g/mol. The molecule has 15 heavy (non-hydrogen) atoms. The van der Waals surface area contributed by atoms with Gasteiger partial charge in [0, 0.05) is 12.1 Å². The van der Waals surface area contributed by atoms with E-state index in [1.165, 1.54) is 14.2 Å². The Hall–Kier alpha value is -1.97. The third-order valence-electron chi connectivity index (χ3n) is 1.74. The molecule has 0 fully saturated rings. The number of ether oxygens (including phenoxy) is 3. The van der Waals surface area contributed by atoms with Gasteiger partial charge in [0.2, 0.25) is 0 Å². The van der Waals surface area contributed by atoms with E-state index in [2.05, 4.69) is 6.58 Å². The number of carbonyl (C=O) groups is 1. The van der Waals surface area contributed by atoms with Crippen molar-refractivity contribution in [2.45, 2.75) is 0 Å². The van der Waals surface area contributed by atoms with E-state index in [9.17, 15) is 4.79 Å². The highest BCUT2D eigenvalue weighted by Gasteiger charge is 2.06. The van der Waals surface area contributed by atoms with Crippen molar-refractivity contribution in [3.63, 3.8) is 0 Å². The van der Waals surface area contributed by atoms with Gasteiger partial charge in [-0.05, 0) is 12.1 Å². The zero-order chi connectivity index (χ0) is 11.3. The predicted molar refractivity (Wildman–Crippen MR) is 55.4 cm³/mol. The molecule has 0 spiro atoms. The van der Waals surface area contributed by atoms with Crippen LogP contribution in [0.1, 0.15) is 0 Å². The molecule has 0 N–H and O–H groups in total. The maximum Gasteiger partial charge on any atom is 0.335 e. The van der Waals surface area contributed by atoms with Crippen LogP contribution < -0.4 is 14.2 Å². The zero-order valence-electron chi connectivity index (χ0n) is 8.65. The van der Waals surface area contributed by atoms with Crippen LogP contribution in [-0.4, -0.2) is 20.2 Å². The van der Waals surface area contributed by atoms with Crippen LogP contribution in [0.3, 0.4) is 0 Å². The quantitative estimate of drug-likeness (QED) is 0.430. The van der Waals surface area contributed by atoms with Crippen LogP contribution in [0, 0.1) is 0 Å². The molecule has 0 amide bonds. The van der Waals surface area contributed by atoms with Gasteiger partial charge in [-0.2, -0.15) is 0 Å². The molecule has 0 aromatic heterocycles. The van der Waals surface area contributed by atoms with Crippen molar-refractivity contribution in [2.24, 2.45) is 0 Å². The van der Waals surface area contributed by atoms with Crippen LogP contribution >= 0.6 is 0 Å². The minimum atomic E-state index is -0.512. The summed E-state index contributed by atoms with van der Waals surface area (Å²) in [5, 5.41) is 0. The van der Waals surface area contributed by atoms with Crippen LogP contribution in [0.25, 0.3) is 0 Å². The molecule has 0 aliphatic heterocycles. The minimum absolute atomic E-state index is 0.387. The maximum atomic E-state index is 10.9. The van der Waals surface area contributed by atoms with E-state index in [0.29, 0.717) is 17.2 Å². The van der Waals surface area contributed by atoms with E-state index in [1.54, 1.807) is 18.2 Å². The molecule has 1 rings (SSSR count). The average molecular weight is 208 g/mol.